The molecule has 0 aliphatic rings. The van der Waals surface area contributed by atoms with Crippen molar-refractivity contribution < 1.29 is 19.9 Å². The van der Waals surface area contributed by atoms with Gasteiger partial charge in [-0.1, -0.05) is 26.0 Å². The number of aliphatic hydroxyl groups excluding tert-OH is 1. The van der Waals surface area contributed by atoms with Crippen molar-refractivity contribution in [3.05, 3.63) is 29.8 Å². The minimum Gasteiger partial charge on any atom is -0.491 e. The summed E-state index contributed by atoms with van der Waals surface area (Å²) in [5.41, 5.74) is 1.30. The second-order valence-electron chi connectivity index (χ2n) is 5.43. The molecule has 1 aromatic rings. The van der Waals surface area contributed by atoms with Gasteiger partial charge in [-0.2, -0.15) is 0 Å². The summed E-state index contributed by atoms with van der Waals surface area (Å²) in [5, 5.41) is 11.9. The fourth-order valence-corrected chi connectivity index (χ4v) is 1.88. The molecule has 0 fully saturated rings. The summed E-state index contributed by atoms with van der Waals surface area (Å²) in [6, 6.07) is 8.66. The Hall–Kier alpha value is -1.10. The van der Waals surface area contributed by atoms with Crippen LogP contribution in [-0.2, 0) is 11.2 Å². The average Bonchev–Trinajstić information content (AvgIpc) is 2.52. The minimum atomic E-state index is -0.414. The molecule has 0 aliphatic carbocycles. The molecule has 0 aromatic heterocycles. The van der Waals surface area contributed by atoms with E-state index in [2.05, 4.69) is 38.2 Å². The highest BCUT2D eigenvalue weighted by atomic mass is 16.5. The number of nitrogens with two attached hydrogens (primary N) is 1. The smallest absolute Gasteiger partial charge is 0.126 e. The van der Waals surface area contributed by atoms with Crippen LogP contribution in [0.25, 0.3) is 0 Å². The zero-order valence-corrected chi connectivity index (χ0v) is 13.5. The normalized spacial score (nSPS) is 13.9. The van der Waals surface area contributed by atoms with Gasteiger partial charge in [0.25, 0.3) is 0 Å². The van der Waals surface area contributed by atoms with Crippen molar-refractivity contribution in [2.24, 2.45) is 0 Å². The van der Waals surface area contributed by atoms with Crippen LogP contribution < -0.4 is 10.1 Å². The Morgan fingerprint density at radius 1 is 1.14 bits per heavy atom. The first kappa shape index (κ1) is 18.0. The van der Waals surface area contributed by atoms with Gasteiger partial charge >= 0.3 is 0 Å². The molecule has 0 spiro atoms. The number of aryl methyl sites for hydroxylation is 1. The molecule has 4 heteroatoms. The van der Waals surface area contributed by atoms with Gasteiger partial charge in [0.1, 0.15) is 25.0 Å². The molecule has 4 nitrogen and oxygen atoms in total. The van der Waals surface area contributed by atoms with E-state index >= 15 is 0 Å². The Morgan fingerprint density at radius 2 is 1.86 bits per heavy atom. The summed E-state index contributed by atoms with van der Waals surface area (Å²) in [7, 11) is 0. The van der Waals surface area contributed by atoms with Crippen molar-refractivity contribution >= 4 is 0 Å². The van der Waals surface area contributed by atoms with E-state index < -0.39 is 6.10 Å². The van der Waals surface area contributed by atoms with E-state index in [1.807, 2.05) is 12.1 Å². The number of rotatable bonds is 11. The molecular formula is C17H30NO3+. The molecule has 0 unspecified atom stereocenters. The Kier molecular flexibility index (Phi) is 9.06. The highest BCUT2D eigenvalue weighted by Gasteiger charge is 2.09. The van der Waals surface area contributed by atoms with E-state index in [1.54, 1.807) is 0 Å². The maximum atomic E-state index is 9.77. The molecule has 3 N–H and O–H groups in total. The second kappa shape index (κ2) is 10.6. The molecule has 1 rings (SSSR count). The Labute approximate surface area is 128 Å². The van der Waals surface area contributed by atoms with Gasteiger partial charge in [0.15, 0.2) is 0 Å². The molecule has 0 saturated carbocycles. The van der Waals surface area contributed by atoms with Crippen molar-refractivity contribution in [2.75, 3.05) is 26.4 Å². The Balaban J connectivity index is 2.05. The van der Waals surface area contributed by atoms with Crippen molar-refractivity contribution in [3.63, 3.8) is 0 Å². The van der Waals surface area contributed by atoms with Crippen molar-refractivity contribution in [1.29, 1.82) is 0 Å². The number of hydrogen-bond donors (Lipinski definition) is 2. The van der Waals surface area contributed by atoms with Gasteiger partial charge in [0, 0.05) is 0 Å². The highest BCUT2D eigenvalue weighted by molar-refractivity contribution is 5.27. The first-order chi connectivity index (χ1) is 10.2. The SMILES string of the molecule is CCc1ccc(OCCOC[C@@H](O)C[NH2+][C@@H](C)CC)cc1. The standard InChI is InChI=1S/C17H29NO3/c1-4-14(3)18-12-16(19)13-20-10-11-21-17-8-6-15(5-2)7-9-17/h6-9,14,16,18-19H,4-5,10-13H2,1-3H3/p+1/t14-,16-/m0/s1. The first-order valence-electron chi connectivity index (χ1n) is 7.96. The van der Waals surface area contributed by atoms with Crippen LogP contribution in [0, 0.1) is 0 Å². The van der Waals surface area contributed by atoms with Gasteiger partial charge in [0.2, 0.25) is 0 Å². The summed E-state index contributed by atoms with van der Waals surface area (Å²) < 4.78 is 11.0. The maximum Gasteiger partial charge on any atom is 0.126 e. The van der Waals surface area contributed by atoms with E-state index in [0.717, 1.165) is 18.6 Å². The predicted molar refractivity (Wildman–Crippen MR) is 84.7 cm³/mol. The van der Waals surface area contributed by atoms with Gasteiger partial charge < -0.3 is 19.9 Å². The van der Waals surface area contributed by atoms with Crippen molar-refractivity contribution in [3.8, 4) is 5.75 Å². The lowest BCUT2D eigenvalue weighted by Crippen LogP contribution is -2.91. The van der Waals surface area contributed by atoms with E-state index in [1.165, 1.54) is 5.56 Å². The lowest BCUT2D eigenvalue weighted by molar-refractivity contribution is -0.692. The van der Waals surface area contributed by atoms with E-state index in [4.69, 9.17) is 9.47 Å². The molecule has 0 heterocycles. The number of benzene rings is 1. The first-order valence-corrected chi connectivity index (χ1v) is 7.96. The quantitative estimate of drug-likeness (QED) is 0.606. The summed E-state index contributed by atoms with van der Waals surface area (Å²) in [6.07, 6.45) is 1.73. The molecule has 120 valence electrons. The number of hydrogen-bond acceptors (Lipinski definition) is 3. The summed E-state index contributed by atoms with van der Waals surface area (Å²) in [5.74, 6) is 0.862. The summed E-state index contributed by atoms with van der Waals surface area (Å²) in [4.78, 5) is 0. The average molecular weight is 296 g/mol. The highest BCUT2D eigenvalue weighted by Crippen LogP contribution is 2.12. The van der Waals surface area contributed by atoms with Gasteiger partial charge in [-0.05, 0) is 37.5 Å². The van der Waals surface area contributed by atoms with Crippen molar-refractivity contribution in [2.45, 2.75) is 45.8 Å². The molecule has 0 saturated heterocycles. The third kappa shape index (κ3) is 8.05. The lowest BCUT2D eigenvalue weighted by Gasteiger charge is -2.13. The van der Waals surface area contributed by atoms with E-state index in [0.29, 0.717) is 32.4 Å². The van der Waals surface area contributed by atoms with E-state index in [9.17, 15) is 5.11 Å². The fourth-order valence-electron chi connectivity index (χ4n) is 1.88. The summed E-state index contributed by atoms with van der Waals surface area (Å²) >= 11 is 0. The molecule has 1 aromatic carbocycles. The maximum absolute atomic E-state index is 9.77. The predicted octanol–water partition coefficient (Wildman–Crippen LogP) is 1.37. The van der Waals surface area contributed by atoms with E-state index in [-0.39, 0.29) is 0 Å². The van der Waals surface area contributed by atoms with Crippen LogP contribution in [0.2, 0.25) is 0 Å². The summed E-state index contributed by atoms with van der Waals surface area (Å²) in [6.45, 7) is 8.50. The molecule has 0 amide bonds. The molecule has 0 bridgehead atoms. The lowest BCUT2D eigenvalue weighted by atomic mass is 10.2. The zero-order valence-electron chi connectivity index (χ0n) is 13.5. The third-order valence-corrected chi connectivity index (χ3v) is 3.59. The van der Waals surface area contributed by atoms with Crippen LogP contribution in [0.15, 0.2) is 24.3 Å². The van der Waals surface area contributed by atoms with Crippen LogP contribution >= 0.6 is 0 Å². The Morgan fingerprint density at radius 3 is 2.48 bits per heavy atom. The van der Waals surface area contributed by atoms with Gasteiger partial charge in [0.05, 0.1) is 19.3 Å². The van der Waals surface area contributed by atoms with Crippen LogP contribution in [-0.4, -0.2) is 43.6 Å². The molecular weight excluding hydrogens is 266 g/mol. The van der Waals surface area contributed by atoms with Crippen molar-refractivity contribution in [1.82, 2.24) is 0 Å². The monoisotopic (exact) mass is 296 g/mol. The van der Waals surface area contributed by atoms with Gasteiger partial charge in [-0.15, -0.1) is 0 Å². The third-order valence-electron chi connectivity index (χ3n) is 3.59. The van der Waals surface area contributed by atoms with Gasteiger partial charge in [-0.3, -0.25) is 0 Å². The van der Waals surface area contributed by atoms with Crippen LogP contribution in [0.5, 0.6) is 5.75 Å². The van der Waals surface area contributed by atoms with Gasteiger partial charge in [-0.25, -0.2) is 0 Å². The fraction of sp³-hybridized carbons (Fsp3) is 0.647. The number of ether oxygens (including phenoxy) is 2. The second-order valence-corrected chi connectivity index (χ2v) is 5.43. The minimum absolute atomic E-state index is 0.366. The molecule has 21 heavy (non-hydrogen) atoms. The molecule has 2 atom stereocenters. The zero-order chi connectivity index (χ0) is 15.5. The van der Waals surface area contributed by atoms with Crippen LogP contribution in [0.4, 0.5) is 0 Å². The largest absolute Gasteiger partial charge is 0.491 e. The topological polar surface area (TPSA) is 55.3 Å². The Bertz CT molecular complexity index is 367. The molecule has 0 aliphatic heterocycles. The molecule has 0 radical (unpaired) electrons. The number of quaternary nitrogens is 1. The van der Waals surface area contributed by atoms with Crippen LogP contribution in [0.3, 0.4) is 0 Å². The number of aliphatic hydroxyl groups is 1. The van der Waals surface area contributed by atoms with Crippen LogP contribution in [0.1, 0.15) is 32.8 Å².